The first-order valence-electron chi connectivity index (χ1n) is 10.6. The average Bonchev–Trinajstić information content (AvgIpc) is 3.29. The molecule has 1 heterocycles. The van der Waals surface area contributed by atoms with Crippen molar-refractivity contribution in [2.75, 3.05) is 0 Å². The maximum absolute atomic E-state index is 12.5. The van der Waals surface area contributed by atoms with E-state index in [2.05, 4.69) is 5.32 Å². The summed E-state index contributed by atoms with van der Waals surface area (Å²) in [6, 6.07) is 11.2. The largest absolute Gasteiger partial charge is 0.504 e. The van der Waals surface area contributed by atoms with Crippen molar-refractivity contribution in [3.05, 3.63) is 71.8 Å². The first-order chi connectivity index (χ1) is 17.1. The maximum atomic E-state index is 12.5. The summed E-state index contributed by atoms with van der Waals surface area (Å²) in [7, 11) is 0. The van der Waals surface area contributed by atoms with Crippen LogP contribution < -0.4 is 5.32 Å². The van der Waals surface area contributed by atoms with Crippen molar-refractivity contribution in [2.24, 2.45) is 0 Å². The van der Waals surface area contributed by atoms with Gasteiger partial charge in [-0.3, -0.25) is 4.79 Å². The minimum absolute atomic E-state index is 0.128. The van der Waals surface area contributed by atoms with Crippen LogP contribution in [0, 0.1) is 0 Å². The highest BCUT2D eigenvalue weighted by Crippen LogP contribution is 2.37. The molecule has 184 valence electrons. The Balaban J connectivity index is 1.56. The molecule has 0 bridgehead atoms. The Morgan fingerprint density at radius 3 is 2.17 bits per heavy atom. The summed E-state index contributed by atoms with van der Waals surface area (Å²) in [4.78, 5) is 24.1. The summed E-state index contributed by atoms with van der Waals surface area (Å²) in [5.41, 5.74) is 1.47. The normalized spacial score (nSPS) is 12.1. The van der Waals surface area contributed by atoms with E-state index in [4.69, 9.17) is 4.42 Å². The minimum Gasteiger partial charge on any atom is -0.504 e. The number of hydrogen-bond donors (Lipinski definition) is 7. The van der Waals surface area contributed by atoms with Crippen molar-refractivity contribution in [3.8, 4) is 40.1 Å². The van der Waals surface area contributed by atoms with E-state index in [-0.39, 0.29) is 35.0 Å². The SMILES string of the molecule is O=C(/C=C/c1ccc(O)c2oc(-c3ccc(O)c(O)c3)cc12)N[C@H](Cc1ccc(O)c(O)c1)C(=O)O. The van der Waals surface area contributed by atoms with Crippen molar-refractivity contribution in [1.29, 1.82) is 0 Å². The van der Waals surface area contributed by atoms with Gasteiger partial charge in [-0.1, -0.05) is 12.1 Å². The predicted molar refractivity (Wildman–Crippen MR) is 129 cm³/mol. The van der Waals surface area contributed by atoms with Gasteiger partial charge in [0.1, 0.15) is 11.8 Å². The fraction of sp³-hybridized carbons (Fsp3) is 0.0769. The zero-order chi connectivity index (χ0) is 26.0. The highest BCUT2D eigenvalue weighted by Gasteiger charge is 2.20. The quantitative estimate of drug-likeness (QED) is 0.150. The lowest BCUT2D eigenvalue weighted by Gasteiger charge is -2.13. The molecule has 0 fully saturated rings. The molecule has 4 rings (SSSR count). The number of phenolic OH excluding ortho intramolecular Hbond substituents is 5. The number of carboxylic acids is 1. The van der Waals surface area contributed by atoms with Gasteiger partial charge < -0.3 is 40.4 Å². The fourth-order valence-electron chi connectivity index (χ4n) is 3.61. The number of carbonyl (C=O) groups is 2. The number of hydrogen-bond acceptors (Lipinski definition) is 8. The summed E-state index contributed by atoms with van der Waals surface area (Å²) in [5, 5.41) is 60.8. The van der Waals surface area contributed by atoms with Crippen LogP contribution in [-0.2, 0) is 16.0 Å². The van der Waals surface area contributed by atoms with Crippen LogP contribution >= 0.6 is 0 Å². The van der Waals surface area contributed by atoms with Crippen LogP contribution in [0.5, 0.6) is 28.7 Å². The third-order valence-electron chi connectivity index (χ3n) is 5.46. The van der Waals surface area contributed by atoms with Gasteiger partial charge in [0.2, 0.25) is 5.91 Å². The van der Waals surface area contributed by atoms with Crippen LogP contribution in [0.3, 0.4) is 0 Å². The Hall–Kier alpha value is -5.12. The van der Waals surface area contributed by atoms with Gasteiger partial charge >= 0.3 is 5.97 Å². The number of furan rings is 1. The number of benzene rings is 3. The summed E-state index contributed by atoms with van der Waals surface area (Å²) >= 11 is 0. The van der Waals surface area contributed by atoms with Gasteiger partial charge in [0.15, 0.2) is 34.3 Å². The van der Waals surface area contributed by atoms with E-state index in [1.807, 2.05) is 0 Å². The lowest BCUT2D eigenvalue weighted by molar-refractivity contribution is -0.141. The molecule has 0 unspecified atom stereocenters. The highest BCUT2D eigenvalue weighted by molar-refractivity contribution is 5.99. The minimum atomic E-state index is -1.30. The Morgan fingerprint density at radius 2 is 1.50 bits per heavy atom. The van der Waals surface area contributed by atoms with Crippen LogP contribution in [0.1, 0.15) is 11.1 Å². The molecule has 0 radical (unpaired) electrons. The second kappa shape index (κ2) is 9.63. The van der Waals surface area contributed by atoms with Crippen LogP contribution in [0.4, 0.5) is 0 Å². The predicted octanol–water partition coefficient (Wildman–Crippen LogP) is 3.45. The van der Waals surface area contributed by atoms with Gasteiger partial charge in [0.05, 0.1) is 0 Å². The Morgan fingerprint density at radius 1 is 0.833 bits per heavy atom. The summed E-state index contributed by atoms with van der Waals surface area (Å²) in [6.07, 6.45) is 2.43. The fourth-order valence-corrected chi connectivity index (χ4v) is 3.61. The highest BCUT2D eigenvalue weighted by atomic mass is 16.4. The van der Waals surface area contributed by atoms with Crippen LogP contribution in [0.2, 0.25) is 0 Å². The Kier molecular flexibility index (Phi) is 6.42. The number of nitrogens with one attached hydrogen (secondary N) is 1. The molecule has 7 N–H and O–H groups in total. The molecule has 0 aliphatic carbocycles. The number of phenols is 5. The molecule has 3 aromatic carbocycles. The molecule has 4 aromatic rings. The van der Waals surface area contributed by atoms with E-state index in [0.29, 0.717) is 27.8 Å². The van der Waals surface area contributed by atoms with E-state index < -0.39 is 23.7 Å². The van der Waals surface area contributed by atoms with Gasteiger partial charge in [-0.15, -0.1) is 0 Å². The number of aromatic hydroxyl groups is 5. The van der Waals surface area contributed by atoms with Crippen molar-refractivity contribution in [1.82, 2.24) is 5.32 Å². The van der Waals surface area contributed by atoms with Gasteiger partial charge in [-0.05, 0) is 59.7 Å². The average molecular weight is 491 g/mol. The van der Waals surface area contributed by atoms with Crippen molar-refractivity contribution in [2.45, 2.75) is 12.5 Å². The monoisotopic (exact) mass is 491 g/mol. The van der Waals surface area contributed by atoms with Crippen LogP contribution in [0.15, 0.2) is 65.1 Å². The summed E-state index contributed by atoms with van der Waals surface area (Å²) < 4.78 is 5.71. The van der Waals surface area contributed by atoms with Crippen molar-refractivity contribution >= 4 is 28.9 Å². The number of fused-ring (bicyclic) bond motifs is 1. The van der Waals surface area contributed by atoms with Crippen molar-refractivity contribution < 1.29 is 44.6 Å². The molecule has 0 spiro atoms. The molecule has 0 aliphatic heterocycles. The van der Waals surface area contributed by atoms with Crippen molar-refractivity contribution in [3.63, 3.8) is 0 Å². The number of carboxylic acid groups (broad SMARTS) is 1. The van der Waals surface area contributed by atoms with E-state index in [1.165, 1.54) is 48.5 Å². The van der Waals surface area contributed by atoms with Gasteiger partial charge in [-0.2, -0.15) is 0 Å². The molecular weight excluding hydrogens is 470 g/mol. The molecule has 36 heavy (non-hydrogen) atoms. The molecule has 1 atom stereocenters. The van der Waals surface area contributed by atoms with Crippen LogP contribution in [0.25, 0.3) is 28.4 Å². The second-order valence-electron chi connectivity index (χ2n) is 7.99. The third-order valence-corrected chi connectivity index (χ3v) is 5.46. The molecular formula is C26H21NO9. The number of carbonyl (C=O) groups excluding carboxylic acids is 1. The summed E-state index contributed by atoms with van der Waals surface area (Å²) in [6.45, 7) is 0. The van der Waals surface area contributed by atoms with Crippen LogP contribution in [-0.4, -0.2) is 48.6 Å². The lowest BCUT2D eigenvalue weighted by atomic mass is 10.0. The first-order valence-corrected chi connectivity index (χ1v) is 10.6. The summed E-state index contributed by atoms with van der Waals surface area (Å²) in [5.74, 6) is -3.22. The standard InChI is InChI=1S/C26H21NO9/c28-18-5-1-13(10-21(18)31)9-17(26(34)35)27-24(33)8-4-14-2-7-20(30)25-16(14)12-23(36-25)15-3-6-19(29)22(32)11-15/h1-8,10-12,17,28-32H,9H2,(H,27,33)(H,34,35)/b8-4+/t17-/m1/s1. The molecule has 10 heteroatoms. The molecule has 0 aliphatic rings. The first kappa shape index (κ1) is 24.0. The lowest BCUT2D eigenvalue weighted by Crippen LogP contribution is -2.41. The maximum Gasteiger partial charge on any atom is 0.326 e. The number of amides is 1. The molecule has 1 amide bonds. The zero-order valence-electron chi connectivity index (χ0n) is 18.5. The Bertz CT molecular complexity index is 1500. The molecule has 1 aromatic heterocycles. The van der Waals surface area contributed by atoms with Gasteiger partial charge in [-0.25, -0.2) is 4.79 Å². The third kappa shape index (κ3) is 5.02. The van der Waals surface area contributed by atoms with E-state index in [1.54, 1.807) is 12.1 Å². The zero-order valence-corrected chi connectivity index (χ0v) is 18.5. The Labute approximate surface area is 203 Å². The number of aliphatic carboxylic acids is 1. The van der Waals surface area contributed by atoms with E-state index >= 15 is 0 Å². The van der Waals surface area contributed by atoms with Gasteiger partial charge in [0.25, 0.3) is 0 Å². The topological polar surface area (TPSA) is 181 Å². The molecule has 0 saturated heterocycles. The molecule has 0 saturated carbocycles. The smallest absolute Gasteiger partial charge is 0.326 e. The molecule has 10 nitrogen and oxygen atoms in total. The van der Waals surface area contributed by atoms with E-state index in [9.17, 15) is 40.2 Å². The van der Waals surface area contributed by atoms with Gasteiger partial charge in [0, 0.05) is 23.4 Å². The van der Waals surface area contributed by atoms with E-state index in [0.717, 1.165) is 6.08 Å². The number of rotatable bonds is 7. The second-order valence-corrected chi connectivity index (χ2v) is 7.99.